The van der Waals surface area contributed by atoms with Crippen molar-refractivity contribution >= 4 is 5.97 Å². The van der Waals surface area contributed by atoms with Gasteiger partial charge in [0, 0.05) is 19.6 Å². The number of hydrogen-bond donors (Lipinski definition) is 1. The third-order valence-electron chi connectivity index (χ3n) is 2.26. The predicted molar refractivity (Wildman–Crippen MR) is 60.0 cm³/mol. The van der Waals surface area contributed by atoms with E-state index in [1.165, 1.54) is 6.92 Å². The van der Waals surface area contributed by atoms with E-state index in [9.17, 15) is 18.0 Å². The highest BCUT2D eigenvalue weighted by molar-refractivity contribution is 5.79. The number of alkyl halides is 3. The molecule has 0 saturated carbocycles. The monoisotopic (exact) mass is 271 g/mol. The van der Waals surface area contributed by atoms with E-state index in [1.54, 1.807) is 6.92 Å². The molecule has 0 bridgehead atoms. The number of nitrogens with two attached hydrogens (primary N) is 1. The maximum absolute atomic E-state index is 11.8. The molecule has 0 aromatic rings. The average molecular weight is 271 g/mol. The number of ether oxygens (including phenoxy) is 2. The highest BCUT2D eigenvalue weighted by Gasteiger charge is 2.29. The van der Waals surface area contributed by atoms with Crippen LogP contribution in [0.3, 0.4) is 0 Å². The van der Waals surface area contributed by atoms with Gasteiger partial charge in [-0.05, 0) is 26.7 Å². The molecule has 0 aliphatic carbocycles. The van der Waals surface area contributed by atoms with Crippen LogP contribution in [0.15, 0.2) is 0 Å². The Morgan fingerprint density at radius 3 is 2.33 bits per heavy atom. The summed E-state index contributed by atoms with van der Waals surface area (Å²) in [5, 5.41) is 0. The summed E-state index contributed by atoms with van der Waals surface area (Å²) in [5.41, 5.74) is 4.53. The van der Waals surface area contributed by atoms with Gasteiger partial charge in [-0.25, -0.2) is 0 Å². The van der Waals surface area contributed by atoms with E-state index in [-0.39, 0.29) is 32.7 Å². The molecular weight excluding hydrogens is 251 g/mol. The summed E-state index contributed by atoms with van der Waals surface area (Å²) in [7, 11) is 0. The first kappa shape index (κ1) is 17.2. The van der Waals surface area contributed by atoms with E-state index in [0.29, 0.717) is 0 Å². The molecule has 2 N–H and O–H groups in total. The molecule has 0 spiro atoms. The number of carbonyl (C=O) groups is 1. The summed E-state index contributed by atoms with van der Waals surface area (Å²) < 4.78 is 45.2. The normalized spacial score (nSPS) is 15.2. The van der Waals surface area contributed by atoms with Crippen LogP contribution < -0.4 is 5.73 Å². The molecule has 4 nitrogen and oxygen atoms in total. The van der Waals surface area contributed by atoms with Gasteiger partial charge in [0.15, 0.2) is 0 Å². The summed E-state index contributed by atoms with van der Waals surface area (Å²) in [5.74, 6) is -0.538. The van der Waals surface area contributed by atoms with Crippen LogP contribution in [0.1, 0.15) is 33.1 Å². The van der Waals surface area contributed by atoms with Gasteiger partial charge in [-0.2, -0.15) is 13.2 Å². The van der Waals surface area contributed by atoms with Crippen molar-refractivity contribution in [3.63, 3.8) is 0 Å². The summed E-state index contributed by atoms with van der Waals surface area (Å²) in [6.07, 6.45) is -4.91. The molecular formula is C11H20F3NO3. The zero-order valence-electron chi connectivity index (χ0n) is 10.7. The smallest absolute Gasteiger partial charge is 0.389 e. The van der Waals surface area contributed by atoms with E-state index in [4.69, 9.17) is 15.2 Å². The van der Waals surface area contributed by atoms with Gasteiger partial charge in [0.25, 0.3) is 0 Å². The minimum atomic E-state index is -4.16. The third kappa shape index (κ3) is 8.30. The van der Waals surface area contributed by atoms with Gasteiger partial charge in [0.1, 0.15) is 5.54 Å². The SMILES string of the molecule is CCOC(=O)C(C)(N)CCOCCCC(F)(F)F. The lowest BCUT2D eigenvalue weighted by atomic mass is 10.0. The minimum absolute atomic E-state index is 0.00157. The Labute approximate surface area is 105 Å². The van der Waals surface area contributed by atoms with Crippen molar-refractivity contribution in [3.05, 3.63) is 0 Å². The molecule has 0 radical (unpaired) electrons. The third-order valence-corrected chi connectivity index (χ3v) is 2.26. The van der Waals surface area contributed by atoms with Crippen LogP contribution in [-0.4, -0.2) is 37.5 Å². The van der Waals surface area contributed by atoms with Gasteiger partial charge >= 0.3 is 12.1 Å². The maximum Gasteiger partial charge on any atom is 0.389 e. The first-order chi connectivity index (χ1) is 8.19. The molecule has 1 atom stereocenters. The molecule has 108 valence electrons. The van der Waals surface area contributed by atoms with Crippen LogP contribution in [0.2, 0.25) is 0 Å². The minimum Gasteiger partial charge on any atom is -0.465 e. The molecule has 0 rings (SSSR count). The number of rotatable bonds is 8. The van der Waals surface area contributed by atoms with Crippen LogP contribution >= 0.6 is 0 Å². The first-order valence-corrected chi connectivity index (χ1v) is 5.79. The summed E-state index contributed by atoms with van der Waals surface area (Å²) in [4.78, 5) is 11.4. The largest absolute Gasteiger partial charge is 0.465 e. The molecule has 0 aliphatic heterocycles. The summed E-state index contributed by atoms with van der Waals surface area (Å²) >= 11 is 0. The Kier molecular flexibility index (Phi) is 7.23. The van der Waals surface area contributed by atoms with Crippen molar-refractivity contribution in [2.24, 2.45) is 5.73 Å². The molecule has 0 fully saturated rings. The number of esters is 1. The van der Waals surface area contributed by atoms with Gasteiger partial charge in [-0.3, -0.25) is 4.79 Å². The Balaban J connectivity index is 3.68. The van der Waals surface area contributed by atoms with Crippen molar-refractivity contribution in [3.8, 4) is 0 Å². The highest BCUT2D eigenvalue weighted by Crippen LogP contribution is 2.21. The van der Waals surface area contributed by atoms with E-state index in [0.717, 1.165) is 0 Å². The fourth-order valence-electron chi connectivity index (χ4n) is 1.16. The zero-order valence-corrected chi connectivity index (χ0v) is 10.7. The Bertz CT molecular complexity index is 254. The lowest BCUT2D eigenvalue weighted by Gasteiger charge is -2.21. The van der Waals surface area contributed by atoms with Gasteiger partial charge in [-0.15, -0.1) is 0 Å². The van der Waals surface area contributed by atoms with Gasteiger partial charge in [0.05, 0.1) is 6.61 Å². The molecule has 1 unspecified atom stereocenters. The van der Waals surface area contributed by atoms with Crippen LogP contribution in [0.25, 0.3) is 0 Å². The van der Waals surface area contributed by atoms with Crippen LogP contribution in [-0.2, 0) is 14.3 Å². The Morgan fingerprint density at radius 1 is 1.22 bits per heavy atom. The van der Waals surface area contributed by atoms with Crippen LogP contribution in [0, 0.1) is 0 Å². The molecule has 0 aromatic carbocycles. The molecule has 0 saturated heterocycles. The predicted octanol–water partition coefficient (Wildman–Crippen LogP) is 2.02. The molecule has 0 heterocycles. The lowest BCUT2D eigenvalue weighted by Crippen LogP contribution is -2.47. The molecule has 0 aromatic heterocycles. The zero-order chi connectivity index (χ0) is 14.2. The highest BCUT2D eigenvalue weighted by atomic mass is 19.4. The summed E-state index contributed by atoms with van der Waals surface area (Å²) in [6.45, 7) is 3.53. The average Bonchev–Trinajstić information content (AvgIpc) is 2.22. The standard InChI is InChI=1S/C11H20F3NO3/c1-3-18-9(16)10(2,15)6-8-17-7-4-5-11(12,13)14/h3-8,15H2,1-2H3. The van der Waals surface area contributed by atoms with Gasteiger partial charge in [-0.1, -0.05) is 0 Å². The number of halogens is 3. The van der Waals surface area contributed by atoms with Crippen molar-refractivity contribution in [1.82, 2.24) is 0 Å². The van der Waals surface area contributed by atoms with Crippen molar-refractivity contribution in [1.29, 1.82) is 0 Å². The molecule has 18 heavy (non-hydrogen) atoms. The topological polar surface area (TPSA) is 61.5 Å². The molecule has 7 heteroatoms. The Hall–Kier alpha value is -0.820. The second-order valence-corrected chi connectivity index (χ2v) is 4.22. The number of carbonyl (C=O) groups excluding carboxylic acids is 1. The molecule has 0 aliphatic rings. The summed E-state index contributed by atoms with van der Waals surface area (Å²) in [6, 6.07) is 0. The van der Waals surface area contributed by atoms with Gasteiger partial charge in [0.2, 0.25) is 0 Å². The first-order valence-electron chi connectivity index (χ1n) is 5.79. The molecule has 0 amide bonds. The van der Waals surface area contributed by atoms with E-state index >= 15 is 0 Å². The second-order valence-electron chi connectivity index (χ2n) is 4.22. The van der Waals surface area contributed by atoms with Crippen molar-refractivity contribution in [2.45, 2.75) is 44.8 Å². The van der Waals surface area contributed by atoms with Crippen LogP contribution in [0.4, 0.5) is 13.2 Å². The lowest BCUT2D eigenvalue weighted by molar-refractivity contribution is -0.149. The second kappa shape index (κ2) is 7.58. The fourth-order valence-corrected chi connectivity index (χ4v) is 1.16. The quantitative estimate of drug-likeness (QED) is 0.542. The Morgan fingerprint density at radius 2 is 1.83 bits per heavy atom. The number of hydrogen-bond acceptors (Lipinski definition) is 4. The van der Waals surface area contributed by atoms with E-state index in [1.807, 2.05) is 0 Å². The van der Waals surface area contributed by atoms with E-state index in [2.05, 4.69) is 0 Å². The van der Waals surface area contributed by atoms with E-state index < -0.39 is 24.1 Å². The van der Waals surface area contributed by atoms with Crippen LogP contribution in [0.5, 0.6) is 0 Å². The fraction of sp³-hybridized carbons (Fsp3) is 0.909. The van der Waals surface area contributed by atoms with Crippen molar-refractivity contribution in [2.75, 3.05) is 19.8 Å². The van der Waals surface area contributed by atoms with Crippen molar-refractivity contribution < 1.29 is 27.4 Å². The van der Waals surface area contributed by atoms with Gasteiger partial charge < -0.3 is 15.2 Å². The maximum atomic E-state index is 11.8.